The average Bonchev–Trinajstić information content (AvgIpc) is 2.34. The number of methoxy groups -OCH3 is 1. The van der Waals surface area contributed by atoms with Crippen LogP contribution in [0.25, 0.3) is 0 Å². The van der Waals surface area contributed by atoms with Crippen LogP contribution in [-0.2, 0) is 5.88 Å². The van der Waals surface area contributed by atoms with Gasteiger partial charge in [-0.3, -0.25) is 0 Å². The van der Waals surface area contributed by atoms with Gasteiger partial charge < -0.3 is 9.47 Å². The summed E-state index contributed by atoms with van der Waals surface area (Å²) in [6.45, 7) is 2.86. The molecule has 0 amide bonds. The maximum absolute atomic E-state index is 5.86. The second-order valence-electron chi connectivity index (χ2n) is 3.15. The van der Waals surface area contributed by atoms with E-state index in [0.717, 1.165) is 28.6 Å². The minimum atomic E-state index is 0.438. The Bertz CT molecular complexity index is 318. The highest BCUT2D eigenvalue weighted by Gasteiger charge is 2.04. The van der Waals surface area contributed by atoms with Crippen molar-refractivity contribution in [1.82, 2.24) is 0 Å². The maximum atomic E-state index is 5.86. The molecule has 16 heavy (non-hydrogen) atoms. The van der Waals surface area contributed by atoms with Crippen LogP contribution in [0.15, 0.2) is 18.2 Å². The van der Waals surface area contributed by atoms with E-state index in [1.54, 1.807) is 7.11 Å². The van der Waals surface area contributed by atoms with E-state index in [2.05, 4.69) is 6.92 Å². The lowest BCUT2D eigenvalue weighted by molar-refractivity contribution is 0.339. The Morgan fingerprint density at radius 2 is 2.19 bits per heavy atom. The minimum Gasteiger partial charge on any atom is -0.497 e. The Kier molecular flexibility index (Phi) is 6.50. The van der Waals surface area contributed by atoms with Crippen LogP contribution in [0.1, 0.15) is 12.5 Å². The van der Waals surface area contributed by atoms with Gasteiger partial charge in [-0.05, 0) is 24.0 Å². The highest BCUT2D eigenvalue weighted by atomic mass is 35.5. The van der Waals surface area contributed by atoms with Crippen LogP contribution >= 0.6 is 23.4 Å². The second kappa shape index (κ2) is 7.69. The van der Waals surface area contributed by atoms with Crippen LogP contribution in [-0.4, -0.2) is 25.2 Å². The van der Waals surface area contributed by atoms with Gasteiger partial charge in [0, 0.05) is 11.3 Å². The van der Waals surface area contributed by atoms with E-state index in [9.17, 15) is 0 Å². The van der Waals surface area contributed by atoms with Gasteiger partial charge in [-0.25, -0.2) is 0 Å². The van der Waals surface area contributed by atoms with Gasteiger partial charge in [0.25, 0.3) is 0 Å². The molecule has 0 saturated heterocycles. The zero-order valence-corrected chi connectivity index (χ0v) is 11.2. The molecule has 0 bridgehead atoms. The number of alkyl halides is 1. The SMILES string of the molecule is CCSCCOc1ccc(OC)cc1CCl. The number of hydrogen-bond acceptors (Lipinski definition) is 3. The lowest BCUT2D eigenvalue weighted by Gasteiger charge is -2.11. The average molecular weight is 261 g/mol. The molecule has 0 heterocycles. The molecule has 0 fully saturated rings. The van der Waals surface area contributed by atoms with Crippen molar-refractivity contribution in [2.24, 2.45) is 0 Å². The zero-order chi connectivity index (χ0) is 11.8. The van der Waals surface area contributed by atoms with Crippen LogP contribution in [0, 0.1) is 0 Å². The van der Waals surface area contributed by atoms with Crippen molar-refractivity contribution in [3.8, 4) is 11.5 Å². The van der Waals surface area contributed by atoms with Gasteiger partial charge >= 0.3 is 0 Å². The number of thioether (sulfide) groups is 1. The summed E-state index contributed by atoms with van der Waals surface area (Å²) in [4.78, 5) is 0. The first-order chi connectivity index (χ1) is 7.81. The van der Waals surface area contributed by atoms with Gasteiger partial charge in [0.1, 0.15) is 11.5 Å². The molecule has 1 rings (SSSR count). The van der Waals surface area contributed by atoms with E-state index < -0.39 is 0 Å². The summed E-state index contributed by atoms with van der Waals surface area (Å²) in [5.41, 5.74) is 0.975. The van der Waals surface area contributed by atoms with E-state index >= 15 is 0 Å². The van der Waals surface area contributed by atoms with Gasteiger partial charge in [0.15, 0.2) is 0 Å². The topological polar surface area (TPSA) is 18.5 Å². The molecule has 0 aliphatic rings. The molecule has 0 N–H and O–H groups in total. The molecule has 4 heteroatoms. The Morgan fingerprint density at radius 1 is 1.38 bits per heavy atom. The summed E-state index contributed by atoms with van der Waals surface area (Å²) in [7, 11) is 1.64. The predicted octanol–water partition coefficient (Wildman–Crippen LogP) is 3.57. The molecule has 90 valence electrons. The fourth-order valence-corrected chi connectivity index (χ4v) is 1.98. The van der Waals surface area contributed by atoms with Gasteiger partial charge in [0.2, 0.25) is 0 Å². The third-order valence-corrected chi connectivity index (χ3v) is 3.25. The molecular formula is C12H17ClO2S. The number of benzene rings is 1. The van der Waals surface area contributed by atoms with Crippen molar-refractivity contribution >= 4 is 23.4 Å². The molecule has 1 aromatic carbocycles. The molecular weight excluding hydrogens is 244 g/mol. The third kappa shape index (κ3) is 4.14. The largest absolute Gasteiger partial charge is 0.497 e. The molecule has 0 atom stereocenters. The van der Waals surface area contributed by atoms with Crippen molar-refractivity contribution in [3.63, 3.8) is 0 Å². The fraction of sp³-hybridized carbons (Fsp3) is 0.500. The molecule has 0 aliphatic heterocycles. The fourth-order valence-electron chi connectivity index (χ4n) is 1.28. The quantitative estimate of drug-likeness (QED) is 0.552. The van der Waals surface area contributed by atoms with Crippen molar-refractivity contribution in [2.75, 3.05) is 25.2 Å². The van der Waals surface area contributed by atoms with Crippen molar-refractivity contribution in [1.29, 1.82) is 0 Å². The molecule has 0 radical (unpaired) electrons. The highest BCUT2D eigenvalue weighted by Crippen LogP contribution is 2.25. The lowest BCUT2D eigenvalue weighted by Crippen LogP contribution is -2.02. The van der Waals surface area contributed by atoms with Gasteiger partial charge in [0.05, 0.1) is 19.6 Å². The number of ether oxygens (including phenoxy) is 2. The lowest BCUT2D eigenvalue weighted by atomic mass is 10.2. The Labute approximate surface area is 106 Å². The zero-order valence-electron chi connectivity index (χ0n) is 9.66. The summed E-state index contributed by atoms with van der Waals surface area (Å²) in [6.07, 6.45) is 0. The molecule has 0 aromatic heterocycles. The minimum absolute atomic E-state index is 0.438. The van der Waals surface area contributed by atoms with Gasteiger partial charge in [-0.2, -0.15) is 11.8 Å². The van der Waals surface area contributed by atoms with E-state index in [4.69, 9.17) is 21.1 Å². The second-order valence-corrected chi connectivity index (χ2v) is 4.81. The summed E-state index contributed by atoms with van der Waals surface area (Å²) in [5.74, 6) is 4.23. The Balaban J connectivity index is 2.57. The number of halogens is 1. The van der Waals surface area contributed by atoms with Gasteiger partial charge in [-0.1, -0.05) is 6.92 Å². The molecule has 1 aromatic rings. The van der Waals surface area contributed by atoms with Crippen LogP contribution < -0.4 is 9.47 Å². The van der Waals surface area contributed by atoms with Crippen LogP contribution in [0.2, 0.25) is 0 Å². The van der Waals surface area contributed by atoms with Crippen molar-refractivity contribution in [3.05, 3.63) is 23.8 Å². The Hall–Kier alpha value is -0.540. The normalized spacial score (nSPS) is 10.2. The third-order valence-electron chi connectivity index (χ3n) is 2.10. The first-order valence-corrected chi connectivity index (χ1v) is 6.94. The molecule has 2 nitrogen and oxygen atoms in total. The van der Waals surface area contributed by atoms with Crippen LogP contribution in [0.4, 0.5) is 0 Å². The van der Waals surface area contributed by atoms with Crippen LogP contribution in [0.5, 0.6) is 11.5 Å². The monoisotopic (exact) mass is 260 g/mol. The Morgan fingerprint density at radius 3 is 2.81 bits per heavy atom. The first kappa shape index (κ1) is 13.5. The maximum Gasteiger partial charge on any atom is 0.124 e. The van der Waals surface area contributed by atoms with Crippen LogP contribution in [0.3, 0.4) is 0 Å². The molecule has 0 aliphatic carbocycles. The number of hydrogen-bond donors (Lipinski definition) is 0. The molecule has 0 spiro atoms. The number of rotatable bonds is 7. The summed E-state index contributed by atoms with van der Waals surface area (Å²) in [5, 5.41) is 0. The van der Waals surface area contributed by atoms with E-state index in [-0.39, 0.29) is 0 Å². The summed E-state index contributed by atoms with van der Waals surface area (Å²) in [6, 6.07) is 5.71. The first-order valence-electron chi connectivity index (χ1n) is 5.25. The summed E-state index contributed by atoms with van der Waals surface area (Å²) < 4.78 is 10.8. The smallest absolute Gasteiger partial charge is 0.124 e. The van der Waals surface area contributed by atoms with E-state index in [0.29, 0.717) is 12.5 Å². The van der Waals surface area contributed by atoms with E-state index in [1.165, 1.54) is 0 Å². The summed E-state index contributed by atoms with van der Waals surface area (Å²) >= 11 is 7.73. The standard InChI is InChI=1S/C12H17ClO2S/c1-3-16-7-6-15-12-5-4-11(14-2)8-10(12)9-13/h4-5,8H,3,6-7,9H2,1-2H3. The van der Waals surface area contributed by atoms with Crippen molar-refractivity contribution < 1.29 is 9.47 Å². The van der Waals surface area contributed by atoms with E-state index in [1.807, 2.05) is 30.0 Å². The van der Waals surface area contributed by atoms with Crippen molar-refractivity contribution in [2.45, 2.75) is 12.8 Å². The van der Waals surface area contributed by atoms with Gasteiger partial charge in [-0.15, -0.1) is 11.6 Å². The molecule has 0 saturated carbocycles. The predicted molar refractivity (Wildman–Crippen MR) is 71.0 cm³/mol. The molecule has 0 unspecified atom stereocenters. The highest BCUT2D eigenvalue weighted by molar-refractivity contribution is 7.99.